The Hall–Kier alpha value is -0.990. The van der Waals surface area contributed by atoms with Crippen molar-refractivity contribution < 1.29 is 0 Å². The van der Waals surface area contributed by atoms with E-state index >= 15 is 0 Å². The first-order valence-corrected chi connectivity index (χ1v) is 3.69. The van der Waals surface area contributed by atoms with E-state index in [4.69, 9.17) is 5.73 Å². The van der Waals surface area contributed by atoms with Gasteiger partial charge in [0.1, 0.15) is 0 Å². The Morgan fingerprint density at radius 2 is 2.10 bits per heavy atom. The van der Waals surface area contributed by atoms with Crippen LogP contribution in [0.4, 0.5) is 5.95 Å². The van der Waals surface area contributed by atoms with Crippen molar-refractivity contribution in [3.63, 3.8) is 0 Å². The lowest BCUT2D eigenvalue weighted by Crippen LogP contribution is -2.00. The highest BCUT2D eigenvalue weighted by Gasteiger charge is 2.12. The Balaban J connectivity index is 2.41. The summed E-state index contributed by atoms with van der Waals surface area (Å²) in [6.07, 6.45) is 4.76. The number of aryl methyl sites for hydroxylation is 2. The van der Waals surface area contributed by atoms with Crippen LogP contribution in [-0.2, 0) is 12.8 Å². The summed E-state index contributed by atoms with van der Waals surface area (Å²) in [5, 5.41) is 0. The molecule has 3 N–H and O–H groups in total. The van der Waals surface area contributed by atoms with Crippen LogP contribution in [-0.4, -0.2) is 9.97 Å². The van der Waals surface area contributed by atoms with E-state index in [1.165, 1.54) is 24.2 Å². The van der Waals surface area contributed by atoms with E-state index in [9.17, 15) is 0 Å². The highest BCUT2D eigenvalue weighted by Crippen LogP contribution is 2.18. The van der Waals surface area contributed by atoms with Gasteiger partial charge >= 0.3 is 0 Å². The molecule has 1 aliphatic carbocycles. The van der Waals surface area contributed by atoms with Gasteiger partial charge in [-0.3, -0.25) is 0 Å². The van der Waals surface area contributed by atoms with Crippen molar-refractivity contribution in [3.05, 3.63) is 11.4 Å². The van der Waals surface area contributed by atoms with E-state index in [-0.39, 0.29) is 0 Å². The Kier molecular flexibility index (Phi) is 1.16. The van der Waals surface area contributed by atoms with Crippen LogP contribution in [0.3, 0.4) is 0 Å². The molecule has 0 atom stereocenters. The van der Waals surface area contributed by atoms with Gasteiger partial charge in [0.25, 0.3) is 0 Å². The molecule has 0 saturated carbocycles. The second-order valence-electron chi connectivity index (χ2n) is 2.75. The number of fused-ring (bicyclic) bond motifs is 1. The summed E-state index contributed by atoms with van der Waals surface area (Å²) in [6, 6.07) is 0. The first-order valence-electron chi connectivity index (χ1n) is 3.69. The van der Waals surface area contributed by atoms with Crippen molar-refractivity contribution >= 4 is 5.95 Å². The molecule has 0 unspecified atom stereocenters. The summed E-state index contributed by atoms with van der Waals surface area (Å²) >= 11 is 0. The SMILES string of the molecule is Nc1nc2c([nH]1)CCCC2. The van der Waals surface area contributed by atoms with E-state index in [0.717, 1.165) is 12.8 Å². The monoisotopic (exact) mass is 137 g/mol. The third-order valence-corrected chi connectivity index (χ3v) is 1.97. The van der Waals surface area contributed by atoms with Gasteiger partial charge in [0.05, 0.1) is 5.69 Å². The summed E-state index contributed by atoms with van der Waals surface area (Å²) in [5.41, 5.74) is 7.93. The summed E-state index contributed by atoms with van der Waals surface area (Å²) in [4.78, 5) is 7.24. The van der Waals surface area contributed by atoms with Gasteiger partial charge in [-0.2, -0.15) is 0 Å². The number of nitrogens with two attached hydrogens (primary N) is 1. The molecule has 0 saturated heterocycles. The maximum atomic E-state index is 5.49. The quantitative estimate of drug-likeness (QED) is 0.557. The molecule has 0 aliphatic heterocycles. The number of nitrogens with one attached hydrogen (secondary N) is 1. The van der Waals surface area contributed by atoms with E-state index in [1.807, 2.05) is 0 Å². The van der Waals surface area contributed by atoms with Crippen LogP contribution in [0.5, 0.6) is 0 Å². The van der Waals surface area contributed by atoms with E-state index < -0.39 is 0 Å². The van der Waals surface area contributed by atoms with Gasteiger partial charge in [0.2, 0.25) is 0 Å². The minimum absolute atomic E-state index is 0.576. The van der Waals surface area contributed by atoms with Crippen molar-refractivity contribution in [2.24, 2.45) is 0 Å². The number of hydrogen-bond acceptors (Lipinski definition) is 2. The molecule has 2 rings (SSSR count). The maximum Gasteiger partial charge on any atom is 0.197 e. The topological polar surface area (TPSA) is 54.7 Å². The van der Waals surface area contributed by atoms with Crippen LogP contribution >= 0.6 is 0 Å². The predicted molar refractivity (Wildman–Crippen MR) is 39.6 cm³/mol. The lowest BCUT2D eigenvalue weighted by atomic mass is 10.0. The van der Waals surface area contributed by atoms with Crippen LogP contribution in [0.2, 0.25) is 0 Å². The fourth-order valence-corrected chi connectivity index (χ4v) is 1.48. The molecule has 0 fully saturated rings. The lowest BCUT2D eigenvalue weighted by molar-refractivity contribution is 0.667. The molecule has 0 spiro atoms. The van der Waals surface area contributed by atoms with Crippen LogP contribution in [0.1, 0.15) is 24.2 Å². The van der Waals surface area contributed by atoms with Gasteiger partial charge in [-0.25, -0.2) is 4.98 Å². The molecule has 0 amide bonds. The number of H-pyrrole nitrogens is 1. The number of anilines is 1. The van der Waals surface area contributed by atoms with E-state index in [1.54, 1.807) is 0 Å². The second kappa shape index (κ2) is 2.01. The summed E-state index contributed by atoms with van der Waals surface area (Å²) < 4.78 is 0. The third kappa shape index (κ3) is 0.781. The minimum Gasteiger partial charge on any atom is -0.369 e. The first-order chi connectivity index (χ1) is 4.86. The molecule has 0 bridgehead atoms. The number of aromatic amines is 1. The molecule has 1 heterocycles. The van der Waals surface area contributed by atoms with Gasteiger partial charge in [-0.15, -0.1) is 0 Å². The second-order valence-corrected chi connectivity index (χ2v) is 2.75. The van der Waals surface area contributed by atoms with Crippen molar-refractivity contribution in [2.45, 2.75) is 25.7 Å². The summed E-state index contributed by atoms with van der Waals surface area (Å²) in [6.45, 7) is 0. The molecule has 0 aromatic carbocycles. The molecular formula is C7H11N3. The molecule has 54 valence electrons. The Morgan fingerprint density at radius 1 is 1.30 bits per heavy atom. The molecule has 1 aromatic rings. The van der Waals surface area contributed by atoms with Gasteiger partial charge in [0.15, 0.2) is 5.95 Å². The molecular weight excluding hydrogens is 126 g/mol. The number of imidazole rings is 1. The molecule has 0 radical (unpaired) electrons. The average molecular weight is 137 g/mol. The number of nitrogens with zero attached hydrogens (tertiary/aromatic N) is 1. The molecule has 10 heavy (non-hydrogen) atoms. The molecule has 3 heteroatoms. The Morgan fingerprint density at radius 3 is 2.90 bits per heavy atom. The van der Waals surface area contributed by atoms with E-state index in [0.29, 0.717) is 5.95 Å². The number of hydrogen-bond donors (Lipinski definition) is 2. The largest absolute Gasteiger partial charge is 0.369 e. The van der Waals surface area contributed by atoms with E-state index in [2.05, 4.69) is 9.97 Å². The number of nitrogen functional groups attached to an aromatic ring is 1. The Labute approximate surface area is 59.7 Å². The zero-order valence-electron chi connectivity index (χ0n) is 5.85. The van der Waals surface area contributed by atoms with Crippen LogP contribution < -0.4 is 5.73 Å². The van der Waals surface area contributed by atoms with Crippen LogP contribution in [0.25, 0.3) is 0 Å². The molecule has 1 aromatic heterocycles. The minimum atomic E-state index is 0.576. The zero-order valence-corrected chi connectivity index (χ0v) is 5.85. The Bertz CT molecular complexity index is 215. The normalized spacial score (nSPS) is 16.8. The highest BCUT2D eigenvalue weighted by atomic mass is 15.0. The third-order valence-electron chi connectivity index (χ3n) is 1.97. The van der Waals surface area contributed by atoms with Crippen molar-refractivity contribution in [1.29, 1.82) is 0 Å². The highest BCUT2D eigenvalue weighted by molar-refractivity contribution is 5.27. The molecule has 3 nitrogen and oxygen atoms in total. The fraction of sp³-hybridized carbons (Fsp3) is 0.571. The maximum absolute atomic E-state index is 5.49. The van der Waals surface area contributed by atoms with Gasteiger partial charge in [0, 0.05) is 5.69 Å². The first kappa shape index (κ1) is 5.77. The van der Waals surface area contributed by atoms with Crippen molar-refractivity contribution in [1.82, 2.24) is 9.97 Å². The summed E-state index contributed by atoms with van der Waals surface area (Å²) in [7, 11) is 0. The number of rotatable bonds is 0. The van der Waals surface area contributed by atoms with Crippen LogP contribution in [0, 0.1) is 0 Å². The average Bonchev–Trinajstić information content (AvgIpc) is 2.27. The number of aromatic nitrogens is 2. The van der Waals surface area contributed by atoms with Gasteiger partial charge < -0.3 is 10.7 Å². The smallest absolute Gasteiger partial charge is 0.197 e. The van der Waals surface area contributed by atoms with Crippen LogP contribution in [0.15, 0.2) is 0 Å². The van der Waals surface area contributed by atoms with Crippen molar-refractivity contribution in [2.75, 3.05) is 5.73 Å². The van der Waals surface area contributed by atoms with Gasteiger partial charge in [-0.1, -0.05) is 0 Å². The fourth-order valence-electron chi connectivity index (χ4n) is 1.48. The standard InChI is InChI=1S/C7H11N3/c8-7-9-5-3-1-2-4-6(5)10-7/h1-4H2,(H3,8,9,10). The predicted octanol–water partition coefficient (Wildman–Crippen LogP) is 0.871. The molecule has 1 aliphatic rings. The lowest BCUT2D eigenvalue weighted by Gasteiger charge is -2.07. The zero-order chi connectivity index (χ0) is 6.97. The summed E-state index contributed by atoms with van der Waals surface area (Å²) in [5.74, 6) is 0.576. The van der Waals surface area contributed by atoms with Crippen molar-refractivity contribution in [3.8, 4) is 0 Å². The van der Waals surface area contributed by atoms with Gasteiger partial charge in [-0.05, 0) is 25.7 Å².